The second-order valence-electron chi connectivity index (χ2n) is 6.15. The van der Waals surface area contributed by atoms with Crippen LogP contribution in [0.25, 0.3) is 0 Å². The van der Waals surface area contributed by atoms with Crippen molar-refractivity contribution in [3.63, 3.8) is 0 Å². The van der Waals surface area contributed by atoms with Crippen LogP contribution in [0.2, 0.25) is 18.1 Å². The van der Waals surface area contributed by atoms with E-state index in [9.17, 15) is 13.6 Å². The molecule has 110 valence electrons. The lowest BCUT2D eigenvalue weighted by Gasteiger charge is -2.36. The van der Waals surface area contributed by atoms with E-state index >= 15 is 0 Å². The van der Waals surface area contributed by atoms with Crippen LogP contribution in [0.3, 0.4) is 0 Å². The van der Waals surface area contributed by atoms with Crippen LogP contribution in [0.1, 0.15) is 26.3 Å². The fraction of sp³-hybridized carbons (Fsp3) is 0.500. The van der Waals surface area contributed by atoms with Gasteiger partial charge >= 0.3 is 0 Å². The van der Waals surface area contributed by atoms with Gasteiger partial charge in [0.2, 0.25) is 6.08 Å². The zero-order chi connectivity index (χ0) is 15.6. The van der Waals surface area contributed by atoms with E-state index in [1.807, 2.05) is 13.1 Å². The third kappa shape index (κ3) is 3.82. The Balaban J connectivity index is 2.95. The molecule has 0 bridgehead atoms. The van der Waals surface area contributed by atoms with Crippen molar-refractivity contribution in [1.29, 1.82) is 0 Å². The molecule has 6 heteroatoms. The molecule has 0 N–H and O–H groups in total. The van der Waals surface area contributed by atoms with Crippen molar-refractivity contribution >= 4 is 20.1 Å². The average molecular weight is 299 g/mol. The molecule has 1 aromatic carbocycles. The fourth-order valence-electron chi connectivity index (χ4n) is 1.30. The summed E-state index contributed by atoms with van der Waals surface area (Å²) in [5.41, 5.74) is -0.231. The Kier molecular flexibility index (Phi) is 4.97. The van der Waals surface area contributed by atoms with Crippen molar-refractivity contribution < 1.29 is 18.0 Å². The molecule has 0 aliphatic carbocycles. The van der Waals surface area contributed by atoms with Crippen molar-refractivity contribution in [3.05, 3.63) is 29.3 Å². The van der Waals surface area contributed by atoms with Gasteiger partial charge in [0.15, 0.2) is 8.32 Å². The number of hydrogen-bond donors (Lipinski definition) is 0. The molecule has 0 spiro atoms. The van der Waals surface area contributed by atoms with E-state index in [2.05, 4.69) is 25.8 Å². The normalized spacial score (nSPS) is 12.2. The number of nitrogens with zero attached hydrogens (tertiary/aromatic N) is 1. The summed E-state index contributed by atoms with van der Waals surface area (Å²) < 4.78 is 33.2. The molecule has 0 saturated heterocycles. The first-order valence-electron chi connectivity index (χ1n) is 6.28. The summed E-state index contributed by atoms with van der Waals surface area (Å²) in [6.45, 7) is 10.3. The largest absolute Gasteiger partial charge is 0.412 e. The van der Waals surface area contributed by atoms with Gasteiger partial charge in [-0.3, -0.25) is 0 Å². The van der Waals surface area contributed by atoms with E-state index < -0.39 is 20.0 Å². The lowest BCUT2D eigenvalue weighted by atomic mass is 10.2. The van der Waals surface area contributed by atoms with Crippen molar-refractivity contribution in [2.75, 3.05) is 0 Å². The maximum Gasteiger partial charge on any atom is 0.240 e. The number of hydrogen-bond acceptors (Lipinski definition) is 3. The first-order valence-corrected chi connectivity index (χ1v) is 9.19. The van der Waals surface area contributed by atoms with Gasteiger partial charge in [0.25, 0.3) is 0 Å². The second-order valence-corrected chi connectivity index (χ2v) is 11.0. The zero-order valence-corrected chi connectivity index (χ0v) is 13.4. The predicted octanol–water partition coefficient (Wildman–Crippen LogP) is 4.45. The van der Waals surface area contributed by atoms with Gasteiger partial charge in [-0.15, -0.1) is 0 Å². The standard InChI is InChI=1S/C14H19F2NO2Si/c1-14(2,3)20(4,5)19-8-10-6-12(16)13(17-9-18)7-11(10)15/h6-7H,8H2,1-5H3. The summed E-state index contributed by atoms with van der Waals surface area (Å²) in [5.74, 6) is -1.40. The van der Waals surface area contributed by atoms with Crippen molar-refractivity contribution in [3.8, 4) is 0 Å². The van der Waals surface area contributed by atoms with E-state index in [1.54, 1.807) is 0 Å². The monoisotopic (exact) mass is 299 g/mol. The summed E-state index contributed by atoms with van der Waals surface area (Å²) in [6.07, 6.45) is 1.19. The molecule has 1 rings (SSSR count). The van der Waals surface area contributed by atoms with Gasteiger partial charge < -0.3 is 4.43 Å². The highest BCUT2D eigenvalue weighted by molar-refractivity contribution is 6.74. The van der Waals surface area contributed by atoms with Gasteiger partial charge in [-0.2, -0.15) is 4.99 Å². The summed E-state index contributed by atoms with van der Waals surface area (Å²) in [4.78, 5) is 13.2. The molecular formula is C14H19F2NO2Si. The first-order chi connectivity index (χ1) is 9.08. The van der Waals surface area contributed by atoms with E-state index in [4.69, 9.17) is 4.43 Å². The highest BCUT2D eigenvalue weighted by Crippen LogP contribution is 2.37. The summed E-state index contributed by atoms with van der Waals surface area (Å²) >= 11 is 0. The van der Waals surface area contributed by atoms with E-state index in [0.29, 0.717) is 0 Å². The Labute approximate surface area is 118 Å². The quantitative estimate of drug-likeness (QED) is 0.468. The van der Waals surface area contributed by atoms with Gasteiger partial charge in [-0.25, -0.2) is 13.6 Å². The first kappa shape index (κ1) is 16.7. The van der Waals surface area contributed by atoms with Gasteiger partial charge in [0.05, 0.1) is 6.61 Å². The number of carbonyl (C=O) groups excluding carboxylic acids is 1. The van der Waals surface area contributed by atoms with Crippen molar-refractivity contribution in [2.24, 2.45) is 4.99 Å². The summed E-state index contributed by atoms with van der Waals surface area (Å²) in [6, 6.07) is 1.89. The molecule has 0 heterocycles. The molecule has 0 amide bonds. The van der Waals surface area contributed by atoms with E-state index in [1.165, 1.54) is 6.08 Å². The maximum absolute atomic E-state index is 13.8. The second kappa shape index (κ2) is 5.95. The Morgan fingerprint density at radius 2 is 1.85 bits per heavy atom. The Hall–Kier alpha value is -1.36. The molecule has 0 radical (unpaired) electrons. The minimum Gasteiger partial charge on any atom is -0.412 e. The third-order valence-corrected chi connectivity index (χ3v) is 8.16. The fourth-order valence-corrected chi connectivity index (χ4v) is 2.25. The molecule has 3 nitrogen and oxygen atoms in total. The van der Waals surface area contributed by atoms with E-state index in [-0.39, 0.29) is 22.9 Å². The molecule has 0 aromatic heterocycles. The molecule has 0 fully saturated rings. The number of aliphatic imine (C=N–C) groups is 1. The molecule has 0 unspecified atom stereocenters. The summed E-state index contributed by atoms with van der Waals surface area (Å²) in [7, 11) is -2.03. The topological polar surface area (TPSA) is 38.7 Å². The van der Waals surface area contributed by atoms with Gasteiger partial charge in [-0.05, 0) is 24.2 Å². The number of benzene rings is 1. The van der Waals surface area contributed by atoms with Crippen LogP contribution in [-0.4, -0.2) is 14.4 Å². The average Bonchev–Trinajstić information content (AvgIpc) is 2.30. The molecule has 0 atom stereocenters. The molecule has 20 heavy (non-hydrogen) atoms. The zero-order valence-electron chi connectivity index (χ0n) is 12.4. The number of rotatable bonds is 4. The van der Waals surface area contributed by atoms with E-state index in [0.717, 1.165) is 12.1 Å². The molecule has 0 aliphatic rings. The lowest BCUT2D eigenvalue weighted by Crippen LogP contribution is -2.40. The van der Waals surface area contributed by atoms with Crippen LogP contribution < -0.4 is 0 Å². The van der Waals surface area contributed by atoms with Crippen LogP contribution in [-0.2, 0) is 15.8 Å². The summed E-state index contributed by atoms with van der Waals surface area (Å²) in [5, 5.41) is -0.0101. The Morgan fingerprint density at radius 1 is 1.25 bits per heavy atom. The Morgan fingerprint density at radius 3 is 2.35 bits per heavy atom. The molecule has 0 aliphatic heterocycles. The van der Waals surface area contributed by atoms with Crippen molar-refractivity contribution in [1.82, 2.24) is 0 Å². The van der Waals surface area contributed by atoms with Gasteiger partial charge in [0, 0.05) is 11.6 Å². The van der Waals surface area contributed by atoms with Crippen LogP contribution in [0.5, 0.6) is 0 Å². The predicted molar refractivity (Wildman–Crippen MR) is 76.1 cm³/mol. The highest BCUT2D eigenvalue weighted by Gasteiger charge is 2.37. The third-order valence-electron chi connectivity index (χ3n) is 3.68. The molecule has 0 saturated carbocycles. The van der Waals surface area contributed by atoms with Gasteiger partial charge in [0.1, 0.15) is 17.3 Å². The van der Waals surface area contributed by atoms with Crippen LogP contribution in [0.4, 0.5) is 14.5 Å². The van der Waals surface area contributed by atoms with Gasteiger partial charge in [-0.1, -0.05) is 20.8 Å². The lowest BCUT2D eigenvalue weighted by molar-refractivity contribution is 0.270. The smallest absolute Gasteiger partial charge is 0.240 e. The number of isocyanates is 1. The SMILES string of the molecule is CC(C)(C)[Si](C)(C)OCc1cc(F)c(N=C=O)cc1F. The molecular weight excluding hydrogens is 280 g/mol. The minimum absolute atomic E-state index is 0.00429. The van der Waals surface area contributed by atoms with Crippen LogP contribution >= 0.6 is 0 Å². The van der Waals surface area contributed by atoms with Crippen molar-refractivity contribution in [2.45, 2.75) is 45.5 Å². The Bertz CT molecular complexity index is 547. The molecule has 1 aromatic rings. The number of halogens is 2. The minimum atomic E-state index is -2.03. The van der Waals surface area contributed by atoms with Crippen LogP contribution in [0, 0.1) is 11.6 Å². The maximum atomic E-state index is 13.8. The van der Waals surface area contributed by atoms with Crippen LogP contribution in [0.15, 0.2) is 17.1 Å². The highest BCUT2D eigenvalue weighted by atomic mass is 28.4.